The van der Waals surface area contributed by atoms with Crippen molar-refractivity contribution < 1.29 is 19.4 Å². The summed E-state index contributed by atoms with van der Waals surface area (Å²) in [5, 5.41) is 16.0. The fourth-order valence-corrected chi connectivity index (χ4v) is 4.93. The van der Waals surface area contributed by atoms with Crippen LogP contribution in [0.2, 0.25) is 0 Å². The fraction of sp³-hybridized carbons (Fsp3) is 0.421. The molecule has 7 nitrogen and oxygen atoms in total. The molecule has 0 bridgehead atoms. The number of fused-ring (bicyclic) bond motifs is 1. The van der Waals surface area contributed by atoms with Crippen LogP contribution in [0.5, 0.6) is 5.75 Å². The van der Waals surface area contributed by atoms with E-state index in [0.717, 1.165) is 13.0 Å². The van der Waals surface area contributed by atoms with Gasteiger partial charge in [-0.3, -0.25) is 14.9 Å². The van der Waals surface area contributed by atoms with Crippen molar-refractivity contribution in [2.24, 2.45) is 5.92 Å². The lowest BCUT2D eigenvalue weighted by molar-refractivity contribution is -0.928. The molecule has 1 aromatic carbocycles. The molecule has 0 radical (unpaired) electrons. The third-order valence-electron chi connectivity index (χ3n) is 5.38. The topological polar surface area (TPSA) is 85.9 Å². The number of amides is 1. The van der Waals surface area contributed by atoms with Crippen molar-refractivity contribution in [1.82, 2.24) is 0 Å². The zero-order chi connectivity index (χ0) is 19.0. The van der Waals surface area contributed by atoms with Crippen LogP contribution in [-0.2, 0) is 11.2 Å². The van der Waals surface area contributed by atoms with Crippen LogP contribution in [0.4, 0.5) is 11.4 Å². The first-order valence-corrected chi connectivity index (χ1v) is 9.98. The second-order valence-electron chi connectivity index (χ2n) is 7.14. The smallest absolute Gasteiger partial charge is 0.279 e. The van der Waals surface area contributed by atoms with Crippen molar-refractivity contribution in [2.75, 3.05) is 25.5 Å². The maximum atomic E-state index is 12.7. The van der Waals surface area contributed by atoms with Gasteiger partial charge in [0.15, 0.2) is 6.54 Å². The molecule has 27 heavy (non-hydrogen) atoms. The average molecular weight is 388 g/mol. The van der Waals surface area contributed by atoms with E-state index in [1.54, 1.807) is 0 Å². The lowest BCUT2D eigenvalue weighted by Gasteiger charge is -2.32. The molecule has 1 amide bonds. The second kappa shape index (κ2) is 7.28. The fourth-order valence-electron chi connectivity index (χ4n) is 4.00. The second-order valence-corrected chi connectivity index (χ2v) is 8.14. The van der Waals surface area contributed by atoms with Crippen molar-refractivity contribution in [2.45, 2.75) is 25.3 Å². The lowest BCUT2D eigenvalue weighted by Crippen LogP contribution is -3.14. The highest BCUT2D eigenvalue weighted by atomic mass is 32.1. The molecule has 1 fully saturated rings. The minimum Gasteiger partial charge on any atom is -0.495 e. The van der Waals surface area contributed by atoms with Crippen LogP contribution in [0.25, 0.3) is 0 Å². The maximum absolute atomic E-state index is 12.7. The van der Waals surface area contributed by atoms with E-state index in [0.29, 0.717) is 29.9 Å². The number of anilines is 1. The number of benzene rings is 1. The number of hydrogen-bond donors (Lipinski definition) is 2. The first-order chi connectivity index (χ1) is 13.1. The molecule has 1 saturated carbocycles. The van der Waals surface area contributed by atoms with Gasteiger partial charge in [0.05, 0.1) is 24.3 Å². The number of nitrogens with zero attached hydrogens (tertiary/aromatic N) is 1. The van der Waals surface area contributed by atoms with Gasteiger partial charge in [0.2, 0.25) is 0 Å². The number of carbonyl (C=O) groups is 1. The number of non-ortho nitro benzene ring substituents is 1. The summed E-state index contributed by atoms with van der Waals surface area (Å²) in [5.41, 5.74) is 1.67. The van der Waals surface area contributed by atoms with Crippen LogP contribution in [-0.4, -0.2) is 31.0 Å². The molecule has 1 aliphatic heterocycles. The van der Waals surface area contributed by atoms with Gasteiger partial charge in [-0.15, -0.1) is 11.3 Å². The van der Waals surface area contributed by atoms with E-state index in [1.807, 2.05) is 11.3 Å². The molecular weight excluding hydrogens is 366 g/mol. The zero-order valence-corrected chi connectivity index (χ0v) is 15.9. The Morgan fingerprint density at radius 3 is 2.93 bits per heavy atom. The Morgan fingerprint density at radius 2 is 2.22 bits per heavy atom. The normalized spacial score (nSPS) is 21.4. The number of rotatable bonds is 6. The van der Waals surface area contributed by atoms with Crippen molar-refractivity contribution in [1.29, 1.82) is 0 Å². The molecule has 1 aliphatic carbocycles. The summed E-state index contributed by atoms with van der Waals surface area (Å²) in [6, 6.07) is 6.82. The Labute approximate surface area is 161 Å². The monoisotopic (exact) mass is 388 g/mol. The van der Waals surface area contributed by atoms with Crippen LogP contribution >= 0.6 is 11.3 Å². The molecule has 2 heterocycles. The number of nitro groups is 1. The summed E-state index contributed by atoms with van der Waals surface area (Å²) in [6.07, 6.45) is 3.45. The first-order valence-electron chi connectivity index (χ1n) is 9.10. The summed E-state index contributed by atoms with van der Waals surface area (Å²) in [4.78, 5) is 26.0. The summed E-state index contributed by atoms with van der Waals surface area (Å²) in [7, 11) is 1.48. The summed E-state index contributed by atoms with van der Waals surface area (Å²) < 4.78 is 5.23. The third-order valence-corrected chi connectivity index (χ3v) is 6.37. The van der Waals surface area contributed by atoms with E-state index in [1.165, 1.54) is 53.5 Å². The molecule has 142 valence electrons. The SMILES string of the molecule is COc1ccc([N+](=O)[O-])cc1NC(=O)C[NH+]1CCc2sccc2[C@H]1C1CC1. The number of nitrogens with one attached hydrogen (secondary N) is 2. The molecule has 0 spiro atoms. The van der Waals surface area contributed by atoms with Gasteiger partial charge in [-0.05, 0) is 30.4 Å². The molecule has 4 rings (SSSR count). The standard InChI is InChI=1S/C19H21N3O4S/c1-26-16-5-4-13(22(24)25)10-15(16)20-18(23)11-21-8-6-17-14(7-9-27-17)19(21)12-2-3-12/h4-5,7,9-10,12,19H,2-3,6,8,11H2,1H3,(H,20,23)/p+1/t19-/m1/s1. The van der Waals surface area contributed by atoms with Crippen LogP contribution in [0.1, 0.15) is 29.3 Å². The van der Waals surface area contributed by atoms with Gasteiger partial charge in [0, 0.05) is 34.9 Å². The number of hydrogen-bond acceptors (Lipinski definition) is 5. The molecular formula is C19H22N3O4S+. The number of quaternary nitrogens is 1. The van der Waals surface area contributed by atoms with Crippen LogP contribution in [0.3, 0.4) is 0 Å². The average Bonchev–Trinajstić information content (AvgIpc) is 3.37. The molecule has 8 heteroatoms. The van der Waals surface area contributed by atoms with Crippen molar-refractivity contribution in [3.8, 4) is 5.75 Å². The molecule has 2 N–H and O–H groups in total. The van der Waals surface area contributed by atoms with Crippen LogP contribution < -0.4 is 15.0 Å². The molecule has 0 saturated heterocycles. The number of thiophene rings is 1. The van der Waals surface area contributed by atoms with Gasteiger partial charge < -0.3 is 15.0 Å². The van der Waals surface area contributed by atoms with E-state index in [9.17, 15) is 14.9 Å². The highest BCUT2D eigenvalue weighted by Gasteiger charge is 2.43. The third kappa shape index (κ3) is 3.68. The Bertz CT molecular complexity index is 878. The van der Waals surface area contributed by atoms with Crippen LogP contribution in [0.15, 0.2) is 29.6 Å². The predicted octanol–water partition coefficient (Wildman–Crippen LogP) is 2.20. The Hall–Kier alpha value is -2.45. The molecule has 2 aliphatic rings. The highest BCUT2D eigenvalue weighted by Crippen LogP contribution is 2.42. The van der Waals surface area contributed by atoms with Gasteiger partial charge in [-0.1, -0.05) is 0 Å². The number of methoxy groups -OCH3 is 1. The molecule has 1 unspecified atom stereocenters. The van der Waals surface area contributed by atoms with Gasteiger partial charge >= 0.3 is 0 Å². The molecule has 2 atom stereocenters. The zero-order valence-electron chi connectivity index (χ0n) is 15.1. The van der Waals surface area contributed by atoms with Crippen molar-refractivity contribution in [3.63, 3.8) is 0 Å². The minimum absolute atomic E-state index is 0.0739. The summed E-state index contributed by atoms with van der Waals surface area (Å²) in [6.45, 7) is 1.29. The number of carbonyl (C=O) groups excluding carboxylic acids is 1. The van der Waals surface area contributed by atoms with Gasteiger partial charge in [0.1, 0.15) is 11.8 Å². The number of nitro benzene ring substituents is 1. The molecule has 1 aromatic heterocycles. The van der Waals surface area contributed by atoms with Gasteiger partial charge in [0.25, 0.3) is 11.6 Å². The minimum atomic E-state index is -0.480. The van der Waals surface area contributed by atoms with Crippen molar-refractivity contribution >= 4 is 28.6 Å². The van der Waals surface area contributed by atoms with E-state index in [4.69, 9.17) is 4.74 Å². The first kappa shape index (κ1) is 17.9. The predicted molar refractivity (Wildman–Crippen MR) is 102 cm³/mol. The van der Waals surface area contributed by atoms with Gasteiger partial charge in [-0.2, -0.15) is 0 Å². The van der Waals surface area contributed by atoms with E-state index < -0.39 is 4.92 Å². The summed E-state index contributed by atoms with van der Waals surface area (Å²) >= 11 is 1.81. The molecule has 2 aromatic rings. The lowest BCUT2D eigenvalue weighted by atomic mass is 9.96. The Balaban J connectivity index is 1.50. The Kier molecular flexibility index (Phi) is 4.84. The quantitative estimate of drug-likeness (QED) is 0.587. The Morgan fingerprint density at radius 1 is 1.41 bits per heavy atom. The van der Waals surface area contributed by atoms with E-state index in [2.05, 4.69) is 16.8 Å². The number of ether oxygens (including phenoxy) is 1. The van der Waals surface area contributed by atoms with E-state index in [-0.39, 0.29) is 11.6 Å². The highest BCUT2D eigenvalue weighted by molar-refractivity contribution is 7.10. The van der Waals surface area contributed by atoms with Crippen molar-refractivity contribution in [3.05, 3.63) is 50.2 Å². The van der Waals surface area contributed by atoms with Crippen LogP contribution in [0, 0.1) is 16.0 Å². The summed E-state index contributed by atoms with van der Waals surface area (Å²) in [5.74, 6) is 0.934. The van der Waals surface area contributed by atoms with Gasteiger partial charge in [-0.25, -0.2) is 0 Å². The van der Waals surface area contributed by atoms with E-state index >= 15 is 0 Å². The maximum Gasteiger partial charge on any atom is 0.279 e. The largest absolute Gasteiger partial charge is 0.495 e.